The van der Waals surface area contributed by atoms with Gasteiger partial charge in [-0.05, 0) is 30.2 Å². The predicted molar refractivity (Wildman–Crippen MR) is 97.7 cm³/mol. The predicted octanol–water partition coefficient (Wildman–Crippen LogP) is 1.99. The fourth-order valence-corrected chi connectivity index (χ4v) is 3.31. The van der Waals surface area contributed by atoms with E-state index in [1.807, 2.05) is 6.92 Å². The summed E-state index contributed by atoms with van der Waals surface area (Å²) < 4.78 is 5.74. The highest BCUT2D eigenvalue weighted by molar-refractivity contribution is 7.07. The molecule has 1 N–H and O–H groups in total. The van der Waals surface area contributed by atoms with Crippen molar-refractivity contribution in [3.63, 3.8) is 0 Å². The van der Waals surface area contributed by atoms with Crippen LogP contribution in [0, 0.1) is 10.1 Å². The molecule has 0 fully saturated rings. The number of furan rings is 1. The Morgan fingerprint density at radius 2 is 2.19 bits per heavy atom. The molecule has 0 unspecified atom stereocenters. The second-order valence-corrected chi connectivity index (χ2v) is 6.50. The van der Waals surface area contributed by atoms with Crippen LogP contribution in [0.4, 0.5) is 5.69 Å². The number of hydrogen-bond acceptors (Lipinski definition) is 6. The number of nitrogens with one attached hydrogen (secondary N) is 1. The molecular weight excluding hydrogens is 356 g/mol. The van der Waals surface area contributed by atoms with Gasteiger partial charge in [0, 0.05) is 17.7 Å². The smallest absolute Gasteiger partial charge is 0.273 e. The van der Waals surface area contributed by atoms with Crippen molar-refractivity contribution in [1.29, 1.82) is 0 Å². The Labute approximate surface area is 151 Å². The van der Waals surface area contributed by atoms with Gasteiger partial charge in [0.25, 0.3) is 11.2 Å². The van der Waals surface area contributed by atoms with Gasteiger partial charge in [-0.2, -0.15) is 0 Å². The monoisotopic (exact) mass is 370 g/mol. The molecule has 7 nitrogen and oxygen atoms in total. The van der Waals surface area contributed by atoms with Crippen molar-refractivity contribution in [2.75, 3.05) is 0 Å². The number of thiazole rings is 1. The molecule has 3 aromatic rings. The minimum atomic E-state index is -0.434. The lowest BCUT2D eigenvalue weighted by Crippen LogP contribution is -2.20. The van der Waals surface area contributed by atoms with Gasteiger partial charge in [-0.1, -0.05) is 19.1 Å². The molecule has 0 saturated carbocycles. The van der Waals surface area contributed by atoms with Crippen molar-refractivity contribution in [3.8, 4) is 0 Å². The summed E-state index contributed by atoms with van der Waals surface area (Å²) >= 11 is 1.09. The average molecular weight is 370 g/mol. The van der Waals surface area contributed by atoms with E-state index in [-0.39, 0.29) is 22.8 Å². The number of carbonyl (C=O) groups excluding carboxylic acids is 1. The molecule has 3 rings (SSSR count). The van der Waals surface area contributed by atoms with Gasteiger partial charge in [0.15, 0.2) is 5.76 Å². The van der Waals surface area contributed by atoms with E-state index in [1.54, 1.807) is 24.3 Å². The summed E-state index contributed by atoms with van der Waals surface area (Å²) in [5.41, 5.74) is 0.834. The SMILES string of the molecule is CCc1ccc(C=c2sc(=CC(=O)c3ccco3)[nH]c2=O)cc1[N+](=O)[O-]. The van der Waals surface area contributed by atoms with Gasteiger partial charge in [0.05, 0.1) is 20.4 Å². The second-order valence-electron chi connectivity index (χ2n) is 5.41. The van der Waals surface area contributed by atoms with Crippen molar-refractivity contribution in [3.05, 3.63) is 83.1 Å². The number of carbonyl (C=O) groups is 1. The first-order valence-electron chi connectivity index (χ1n) is 7.75. The fraction of sp³-hybridized carbons (Fsp3) is 0.111. The highest BCUT2D eigenvalue weighted by Crippen LogP contribution is 2.21. The van der Waals surface area contributed by atoms with Gasteiger partial charge in [-0.15, -0.1) is 11.3 Å². The molecule has 2 aromatic heterocycles. The minimum Gasteiger partial charge on any atom is -0.461 e. The second kappa shape index (κ2) is 7.32. The molecular formula is C18H14N2O5S. The number of aryl methyl sites for hydroxylation is 1. The largest absolute Gasteiger partial charge is 0.461 e. The lowest BCUT2D eigenvalue weighted by Gasteiger charge is -2.00. The standard InChI is InChI=1S/C18H14N2O5S/c1-2-12-6-5-11(8-13(12)20(23)24)9-16-18(22)19-17(26-16)10-14(21)15-4-3-7-25-15/h3-10H,2H2,1H3,(H,19,22). The highest BCUT2D eigenvalue weighted by Gasteiger charge is 2.12. The maximum Gasteiger partial charge on any atom is 0.273 e. The van der Waals surface area contributed by atoms with E-state index in [0.717, 1.165) is 11.3 Å². The van der Waals surface area contributed by atoms with Crippen LogP contribution in [0.3, 0.4) is 0 Å². The first-order valence-corrected chi connectivity index (χ1v) is 8.57. The third-order valence-electron chi connectivity index (χ3n) is 3.69. The van der Waals surface area contributed by atoms with E-state index in [2.05, 4.69) is 4.98 Å². The van der Waals surface area contributed by atoms with E-state index < -0.39 is 4.92 Å². The van der Waals surface area contributed by atoms with Crippen LogP contribution in [-0.4, -0.2) is 15.7 Å². The molecule has 0 bridgehead atoms. The van der Waals surface area contributed by atoms with Crippen molar-refractivity contribution < 1.29 is 14.1 Å². The molecule has 1 aromatic carbocycles. The van der Waals surface area contributed by atoms with Gasteiger partial charge in [-0.3, -0.25) is 19.7 Å². The summed E-state index contributed by atoms with van der Waals surface area (Å²) in [6.07, 6.45) is 4.78. The third-order valence-corrected chi connectivity index (χ3v) is 4.65. The number of nitro groups is 1. The number of hydrogen-bond donors (Lipinski definition) is 1. The summed E-state index contributed by atoms with van der Waals surface area (Å²) in [5.74, 6) is -0.183. The molecule has 0 aliphatic carbocycles. The fourth-order valence-electron chi connectivity index (χ4n) is 2.42. The quantitative estimate of drug-likeness (QED) is 0.420. The Bertz CT molecular complexity index is 1140. The molecule has 0 saturated heterocycles. The Morgan fingerprint density at radius 1 is 1.38 bits per heavy atom. The third kappa shape index (κ3) is 3.70. The number of nitro benzene ring substituents is 1. The van der Waals surface area contributed by atoms with E-state index >= 15 is 0 Å². The summed E-state index contributed by atoms with van der Waals surface area (Å²) in [7, 11) is 0. The summed E-state index contributed by atoms with van der Waals surface area (Å²) in [4.78, 5) is 37.4. The summed E-state index contributed by atoms with van der Waals surface area (Å²) in [6, 6.07) is 7.98. The molecule has 0 aliphatic rings. The zero-order valence-electron chi connectivity index (χ0n) is 13.7. The minimum absolute atomic E-state index is 0.0222. The molecule has 0 aliphatic heterocycles. The zero-order valence-corrected chi connectivity index (χ0v) is 14.5. The molecule has 8 heteroatoms. The van der Waals surface area contributed by atoms with Gasteiger partial charge in [0.1, 0.15) is 0 Å². The van der Waals surface area contributed by atoms with Crippen LogP contribution in [-0.2, 0) is 6.42 Å². The lowest BCUT2D eigenvalue weighted by molar-refractivity contribution is -0.385. The first kappa shape index (κ1) is 17.6. The lowest BCUT2D eigenvalue weighted by atomic mass is 10.1. The number of Topliss-reactive ketones (excluding diaryl/α,β-unsaturated/α-hetero) is 1. The number of H-pyrrole nitrogens is 1. The Kier molecular flexibility index (Phi) is 4.94. The van der Waals surface area contributed by atoms with E-state index in [9.17, 15) is 19.7 Å². The van der Waals surface area contributed by atoms with Crippen LogP contribution in [0.2, 0.25) is 0 Å². The Morgan fingerprint density at radius 3 is 2.85 bits per heavy atom. The Balaban J connectivity index is 2.02. The van der Waals surface area contributed by atoms with E-state index in [0.29, 0.717) is 26.7 Å². The summed E-state index contributed by atoms with van der Waals surface area (Å²) in [5, 5.41) is 11.2. The van der Waals surface area contributed by atoms with Gasteiger partial charge >= 0.3 is 0 Å². The molecule has 0 radical (unpaired) electrons. The number of ketones is 1. The first-order chi connectivity index (χ1) is 12.5. The number of aromatic amines is 1. The number of aromatic nitrogens is 1. The highest BCUT2D eigenvalue weighted by atomic mass is 32.1. The maximum atomic E-state index is 12.1. The average Bonchev–Trinajstić information content (AvgIpc) is 3.25. The van der Waals surface area contributed by atoms with Crippen molar-refractivity contribution in [2.24, 2.45) is 0 Å². The van der Waals surface area contributed by atoms with Gasteiger partial charge in [0.2, 0.25) is 5.78 Å². The van der Waals surface area contributed by atoms with E-state index in [1.165, 1.54) is 24.5 Å². The van der Waals surface area contributed by atoms with Gasteiger partial charge in [-0.25, -0.2) is 0 Å². The molecule has 0 atom stereocenters. The molecule has 2 heterocycles. The molecule has 26 heavy (non-hydrogen) atoms. The number of nitrogens with zero attached hydrogens (tertiary/aromatic N) is 1. The Hall–Kier alpha value is -3.26. The zero-order chi connectivity index (χ0) is 18.7. The van der Waals surface area contributed by atoms with Crippen molar-refractivity contribution in [2.45, 2.75) is 13.3 Å². The van der Waals surface area contributed by atoms with Crippen LogP contribution in [0.15, 0.2) is 45.8 Å². The van der Waals surface area contributed by atoms with Gasteiger partial charge < -0.3 is 9.40 Å². The van der Waals surface area contributed by atoms with Crippen molar-refractivity contribution in [1.82, 2.24) is 4.98 Å². The normalized spacial score (nSPS) is 12.5. The van der Waals surface area contributed by atoms with Crippen LogP contribution in [0.25, 0.3) is 12.2 Å². The molecule has 132 valence electrons. The molecule has 0 spiro atoms. The number of benzene rings is 1. The van der Waals surface area contributed by atoms with E-state index in [4.69, 9.17) is 4.42 Å². The maximum absolute atomic E-state index is 12.1. The summed E-state index contributed by atoms with van der Waals surface area (Å²) in [6.45, 7) is 1.84. The van der Waals surface area contributed by atoms with Crippen LogP contribution in [0.1, 0.15) is 28.6 Å². The van der Waals surface area contributed by atoms with Crippen LogP contribution >= 0.6 is 11.3 Å². The van der Waals surface area contributed by atoms with Crippen LogP contribution in [0.5, 0.6) is 0 Å². The van der Waals surface area contributed by atoms with Crippen LogP contribution < -0.4 is 14.8 Å². The topological polar surface area (TPSA) is 106 Å². The van der Waals surface area contributed by atoms with Crippen molar-refractivity contribution >= 4 is 35.0 Å². The number of rotatable bonds is 5. The molecule has 0 amide bonds.